The molecule has 1 amide bonds. The molecule has 3 atom stereocenters. The van der Waals surface area contributed by atoms with Gasteiger partial charge < -0.3 is 5.73 Å². The summed E-state index contributed by atoms with van der Waals surface area (Å²) < 4.78 is 0. The van der Waals surface area contributed by atoms with Gasteiger partial charge in [-0.05, 0) is 37.0 Å². The first-order valence-corrected chi connectivity index (χ1v) is 5.05. The first-order valence-electron chi connectivity index (χ1n) is 5.05. The van der Waals surface area contributed by atoms with E-state index in [1.165, 1.54) is 32.1 Å². The van der Waals surface area contributed by atoms with Crippen LogP contribution in [0.5, 0.6) is 0 Å². The van der Waals surface area contributed by atoms with E-state index in [4.69, 9.17) is 5.73 Å². The number of amides is 1. The van der Waals surface area contributed by atoms with E-state index in [2.05, 4.69) is 0 Å². The molecule has 0 unspecified atom stereocenters. The molecule has 0 aromatic heterocycles. The highest BCUT2D eigenvalue weighted by molar-refractivity contribution is 5.74. The molecule has 2 rings (SSSR count). The monoisotopic (exact) mass is 167 g/mol. The van der Waals surface area contributed by atoms with Crippen molar-refractivity contribution in [3.05, 3.63) is 0 Å². The van der Waals surface area contributed by atoms with Crippen LogP contribution in [0, 0.1) is 17.8 Å². The van der Waals surface area contributed by atoms with Crippen molar-refractivity contribution in [2.24, 2.45) is 23.5 Å². The fraction of sp³-hybridized carbons (Fsp3) is 0.900. The smallest absolute Gasteiger partial charge is 0.217 e. The summed E-state index contributed by atoms with van der Waals surface area (Å²) in [5, 5.41) is 0. The Hall–Kier alpha value is -0.530. The molecule has 12 heavy (non-hydrogen) atoms. The summed E-state index contributed by atoms with van der Waals surface area (Å²) in [6, 6.07) is 0. The van der Waals surface area contributed by atoms with Crippen molar-refractivity contribution in [1.82, 2.24) is 0 Å². The molecule has 0 saturated heterocycles. The Morgan fingerprint density at radius 3 is 2.83 bits per heavy atom. The molecule has 0 heterocycles. The highest BCUT2D eigenvalue weighted by atomic mass is 16.1. The van der Waals surface area contributed by atoms with Crippen molar-refractivity contribution in [3.63, 3.8) is 0 Å². The normalized spacial score (nSPS) is 39.8. The van der Waals surface area contributed by atoms with E-state index >= 15 is 0 Å². The van der Waals surface area contributed by atoms with Crippen molar-refractivity contribution < 1.29 is 4.79 Å². The molecule has 2 nitrogen and oxygen atoms in total. The van der Waals surface area contributed by atoms with Gasteiger partial charge in [0, 0.05) is 6.42 Å². The van der Waals surface area contributed by atoms with Crippen LogP contribution in [0.3, 0.4) is 0 Å². The summed E-state index contributed by atoms with van der Waals surface area (Å²) in [5.41, 5.74) is 5.22. The van der Waals surface area contributed by atoms with Crippen molar-refractivity contribution in [3.8, 4) is 0 Å². The number of fused-ring (bicyclic) bond motifs is 1. The lowest BCUT2D eigenvalue weighted by Crippen LogP contribution is -2.19. The quantitative estimate of drug-likeness (QED) is 0.668. The Bertz CT molecular complexity index is 190. The molecular formula is C10H17NO. The number of rotatable bonds is 2. The first kappa shape index (κ1) is 8.09. The molecular weight excluding hydrogens is 150 g/mol. The van der Waals surface area contributed by atoms with Gasteiger partial charge in [0.05, 0.1) is 0 Å². The van der Waals surface area contributed by atoms with Gasteiger partial charge >= 0.3 is 0 Å². The van der Waals surface area contributed by atoms with Gasteiger partial charge in [0.1, 0.15) is 0 Å². The predicted molar refractivity (Wildman–Crippen MR) is 47.4 cm³/mol. The van der Waals surface area contributed by atoms with Crippen molar-refractivity contribution in [1.29, 1.82) is 0 Å². The van der Waals surface area contributed by atoms with Crippen molar-refractivity contribution in [2.75, 3.05) is 0 Å². The molecule has 2 aliphatic carbocycles. The van der Waals surface area contributed by atoms with Crippen LogP contribution in [0.1, 0.15) is 38.5 Å². The molecule has 2 heteroatoms. The second-order valence-electron chi connectivity index (χ2n) is 4.36. The second-order valence-corrected chi connectivity index (χ2v) is 4.36. The van der Waals surface area contributed by atoms with Gasteiger partial charge in [-0.1, -0.05) is 12.8 Å². The maximum Gasteiger partial charge on any atom is 0.217 e. The highest BCUT2D eigenvalue weighted by Crippen LogP contribution is 2.48. The van der Waals surface area contributed by atoms with Crippen molar-refractivity contribution in [2.45, 2.75) is 38.5 Å². The lowest BCUT2D eigenvalue weighted by molar-refractivity contribution is -0.119. The Morgan fingerprint density at radius 2 is 2.08 bits per heavy atom. The Balaban J connectivity index is 1.95. The third-order valence-electron chi connectivity index (χ3n) is 3.69. The van der Waals surface area contributed by atoms with E-state index in [-0.39, 0.29) is 5.91 Å². The minimum atomic E-state index is -0.104. The van der Waals surface area contributed by atoms with Crippen LogP contribution >= 0.6 is 0 Å². The van der Waals surface area contributed by atoms with Gasteiger partial charge in [-0.3, -0.25) is 4.79 Å². The summed E-state index contributed by atoms with van der Waals surface area (Å²) in [6.45, 7) is 0. The molecule has 2 fully saturated rings. The summed E-state index contributed by atoms with van der Waals surface area (Å²) in [6.07, 6.45) is 7.37. The molecule has 0 aromatic rings. The average molecular weight is 167 g/mol. The lowest BCUT2D eigenvalue weighted by atomic mass is 9.89. The Kier molecular flexibility index (Phi) is 2.07. The summed E-state index contributed by atoms with van der Waals surface area (Å²) in [5.74, 6) is 2.31. The molecule has 0 aliphatic heterocycles. The van der Waals surface area contributed by atoms with Crippen LogP contribution in [0.2, 0.25) is 0 Å². The first-order chi connectivity index (χ1) is 5.77. The number of hydrogen-bond donors (Lipinski definition) is 1. The minimum Gasteiger partial charge on any atom is -0.370 e. The van der Waals surface area contributed by atoms with Crippen LogP contribution in [0.4, 0.5) is 0 Å². The van der Waals surface area contributed by atoms with Gasteiger partial charge in [0.2, 0.25) is 5.91 Å². The molecule has 2 saturated carbocycles. The van der Waals surface area contributed by atoms with Gasteiger partial charge in [0.15, 0.2) is 0 Å². The number of nitrogens with two attached hydrogens (primary N) is 1. The highest BCUT2D eigenvalue weighted by Gasteiger charge is 2.39. The van der Waals surface area contributed by atoms with Crippen LogP contribution in [0.15, 0.2) is 0 Å². The number of primary amides is 1. The molecule has 2 N–H and O–H groups in total. The van der Waals surface area contributed by atoms with E-state index in [9.17, 15) is 4.79 Å². The van der Waals surface area contributed by atoms with E-state index in [0.717, 1.165) is 11.8 Å². The van der Waals surface area contributed by atoms with Crippen LogP contribution in [-0.2, 0) is 4.79 Å². The van der Waals surface area contributed by atoms with E-state index in [1.807, 2.05) is 0 Å². The number of carbonyl (C=O) groups is 1. The summed E-state index contributed by atoms with van der Waals surface area (Å²) in [4.78, 5) is 10.8. The molecule has 2 aliphatic rings. The van der Waals surface area contributed by atoms with Crippen LogP contribution < -0.4 is 5.73 Å². The summed E-state index contributed by atoms with van der Waals surface area (Å²) >= 11 is 0. The number of carbonyl (C=O) groups excluding carboxylic acids is 1. The van der Waals surface area contributed by atoms with Gasteiger partial charge in [-0.15, -0.1) is 0 Å². The Labute approximate surface area is 73.5 Å². The van der Waals surface area contributed by atoms with Gasteiger partial charge in [-0.2, -0.15) is 0 Å². The predicted octanol–water partition coefficient (Wildman–Crippen LogP) is 1.69. The second kappa shape index (κ2) is 3.08. The van der Waals surface area contributed by atoms with Crippen molar-refractivity contribution >= 4 is 5.91 Å². The molecule has 0 radical (unpaired) electrons. The van der Waals surface area contributed by atoms with Crippen LogP contribution in [0.25, 0.3) is 0 Å². The lowest BCUT2D eigenvalue weighted by Gasteiger charge is -2.16. The van der Waals surface area contributed by atoms with Gasteiger partial charge in [-0.25, -0.2) is 0 Å². The SMILES string of the molecule is NC(=O)C[C@@H]1CC[C@H]2CCC[C@H]21. The maximum atomic E-state index is 10.8. The van der Waals surface area contributed by atoms with Crippen LogP contribution in [-0.4, -0.2) is 5.91 Å². The molecule has 0 bridgehead atoms. The fourth-order valence-electron chi connectivity index (χ4n) is 3.20. The zero-order valence-corrected chi connectivity index (χ0v) is 7.46. The minimum absolute atomic E-state index is 0.104. The zero-order valence-electron chi connectivity index (χ0n) is 7.46. The van der Waals surface area contributed by atoms with E-state index in [1.54, 1.807) is 0 Å². The van der Waals surface area contributed by atoms with E-state index < -0.39 is 0 Å². The molecule has 0 aromatic carbocycles. The Morgan fingerprint density at radius 1 is 1.25 bits per heavy atom. The largest absolute Gasteiger partial charge is 0.370 e. The maximum absolute atomic E-state index is 10.8. The standard InChI is InChI=1S/C10H17NO/c11-10(12)6-8-5-4-7-2-1-3-9(7)8/h7-9H,1-6H2,(H2,11,12)/t7-,8+,9-/m1/s1. The fourth-order valence-corrected chi connectivity index (χ4v) is 3.20. The molecule has 0 spiro atoms. The average Bonchev–Trinajstić information content (AvgIpc) is 2.52. The summed E-state index contributed by atoms with van der Waals surface area (Å²) in [7, 11) is 0. The topological polar surface area (TPSA) is 43.1 Å². The third-order valence-corrected chi connectivity index (χ3v) is 3.69. The van der Waals surface area contributed by atoms with Gasteiger partial charge in [0.25, 0.3) is 0 Å². The zero-order chi connectivity index (χ0) is 8.55. The third kappa shape index (κ3) is 1.35. The molecule has 68 valence electrons. The number of hydrogen-bond acceptors (Lipinski definition) is 1. The van der Waals surface area contributed by atoms with E-state index in [0.29, 0.717) is 12.3 Å².